The monoisotopic (exact) mass is 860 g/mol. The fourth-order valence-electron chi connectivity index (χ4n) is 7.24. The van der Waals surface area contributed by atoms with Crippen molar-refractivity contribution in [1.29, 1.82) is 0 Å². The minimum atomic E-state index is -4.47. The molecular weight excluding hydrogens is 817 g/mol. The van der Waals surface area contributed by atoms with Gasteiger partial charge in [0.15, 0.2) is 0 Å². The van der Waals surface area contributed by atoms with Crippen LogP contribution >= 0.6 is 23.1 Å². The summed E-state index contributed by atoms with van der Waals surface area (Å²) in [6.07, 6.45) is -1.71. The molecular formula is C44H44ClF3N6O5S. The van der Waals surface area contributed by atoms with Gasteiger partial charge in [0.2, 0.25) is 12.0 Å². The lowest BCUT2D eigenvalue weighted by Gasteiger charge is -2.32. The number of halogens is 4. The fourth-order valence-corrected chi connectivity index (χ4v) is 8.16. The second kappa shape index (κ2) is 18.4. The van der Waals surface area contributed by atoms with Crippen molar-refractivity contribution in [3.8, 4) is 34.0 Å². The van der Waals surface area contributed by atoms with E-state index in [0.29, 0.717) is 44.3 Å². The van der Waals surface area contributed by atoms with Gasteiger partial charge in [-0.1, -0.05) is 72.8 Å². The lowest BCUT2D eigenvalue weighted by atomic mass is 9.91. The highest BCUT2D eigenvalue weighted by molar-refractivity contribution is 7.13. The number of benzene rings is 3. The van der Waals surface area contributed by atoms with Crippen molar-refractivity contribution < 1.29 is 37.3 Å². The van der Waals surface area contributed by atoms with E-state index in [9.17, 15) is 23.1 Å². The predicted octanol–water partition coefficient (Wildman–Crippen LogP) is 9.42. The third-order valence-corrected chi connectivity index (χ3v) is 11.8. The molecule has 6 aromatic rings. The Morgan fingerprint density at radius 1 is 1.07 bits per heavy atom. The van der Waals surface area contributed by atoms with E-state index in [2.05, 4.69) is 32.9 Å². The number of ether oxygens (including phenoxy) is 3. The maximum atomic E-state index is 13.1. The highest BCUT2D eigenvalue weighted by Gasteiger charge is 2.30. The summed E-state index contributed by atoms with van der Waals surface area (Å²) in [4.78, 5) is 22.5. The molecule has 1 saturated heterocycles. The Hall–Kier alpha value is -5.48. The summed E-state index contributed by atoms with van der Waals surface area (Å²) in [5.74, 6) is -0.367. The number of pyridine rings is 1. The number of hydrogen-bond acceptors (Lipinski definition) is 10. The van der Waals surface area contributed by atoms with Gasteiger partial charge in [-0.2, -0.15) is 22.6 Å². The van der Waals surface area contributed by atoms with Gasteiger partial charge in [-0.15, -0.1) is 0 Å². The van der Waals surface area contributed by atoms with Crippen LogP contribution in [0.2, 0.25) is 5.02 Å². The zero-order valence-electron chi connectivity index (χ0n) is 33.3. The number of aliphatic carboxylic acids is 1. The molecule has 0 unspecified atom stereocenters. The molecule has 16 heteroatoms. The average molecular weight is 861 g/mol. The third kappa shape index (κ3) is 9.60. The second-order valence-electron chi connectivity index (χ2n) is 14.6. The largest absolute Gasteiger partial charge is 0.492 e. The summed E-state index contributed by atoms with van der Waals surface area (Å²) in [6, 6.07) is 19.2. The van der Waals surface area contributed by atoms with Crippen LogP contribution in [0.1, 0.15) is 24.6 Å². The second-order valence-corrected chi connectivity index (χ2v) is 15.8. The Balaban J connectivity index is 1.24. The molecule has 0 radical (unpaired) electrons. The first kappa shape index (κ1) is 42.6. The van der Waals surface area contributed by atoms with Crippen molar-refractivity contribution in [2.75, 3.05) is 46.4 Å². The normalized spacial score (nSPS) is 14.9. The number of carboxylic acid groups (broad SMARTS) is 1. The van der Waals surface area contributed by atoms with Crippen LogP contribution in [0.25, 0.3) is 43.2 Å². The Bertz CT molecular complexity index is 2540. The van der Waals surface area contributed by atoms with Gasteiger partial charge in [0.05, 0.1) is 32.3 Å². The minimum absolute atomic E-state index is 0.0855. The van der Waals surface area contributed by atoms with E-state index >= 15 is 0 Å². The first-order valence-corrected chi connectivity index (χ1v) is 20.5. The minimum Gasteiger partial charge on any atom is -0.492 e. The van der Waals surface area contributed by atoms with Crippen molar-refractivity contribution >= 4 is 50.0 Å². The molecule has 0 bridgehead atoms. The van der Waals surface area contributed by atoms with E-state index in [0.717, 1.165) is 76.4 Å². The molecule has 0 aliphatic carbocycles. The summed E-state index contributed by atoms with van der Waals surface area (Å²) in [5.41, 5.74) is 4.19. The van der Waals surface area contributed by atoms with E-state index in [1.807, 2.05) is 61.5 Å². The number of aromatic nitrogens is 4. The number of alkyl halides is 3. The summed E-state index contributed by atoms with van der Waals surface area (Å²) in [7, 11) is 2.12. The van der Waals surface area contributed by atoms with Gasteiger partial charge >= 0.3 is 12.1 Å². The molecule has 1 atom stereocenters. The average Bonchev–Trinajstić information content (AvgIpc) is 3.85. The number of carboxylic acids is 1. The summed E-state index contributed by atoms with van der Waals surface area (Å²) in [5, 5.41) is 17.2. The SMILES string of the molecule is C=C/C(C[C@@H](Oc1nsc2cnc(-c3cccc4ccccc34)c(-c3ccc(OCCN4CCN(C)CC4)c(Cl)c3C)c12)C(=O)O)=C(\C)OCc1ccnn1CC(F)(F)F. The molecule has 11 nitrogen and oxygen atoms in total. The van der Waals surface area contributed by atoms with E-state index in [1.165, 1.54) is 18.3 Å². The standard InChI is InChI=1S/C44H44ClF3N6O5S/c1-5-29(28(3)58-25-31-15-16-50-54(31)26-44(46,47)48)23-36(43(55)56)59-42-39-37(60-51-42)24-49-41(34-12-8-10-30-9-6-7-11-33(30)34)38(39)32-13-14-35(40(45)27(32)2)57-22-21-53-19-17-52(4)18-20-53/h5-16,24,36H,1,17-23,25-26H2,2-4H3,(H,55,56)/b29-28-/t36-/m1/s1. The molecule has 4 heterocycles. The van der Waals surface area contributed by atoms with Gasteiger partial charge in [-0.3, -0.25) is 14.6 Å². The molecule has 1 fully saturated rings. The number of hydrogen-bond donors (Lipinski definition) is 1. The molecule has 0 spiro atoms. The van der Waals surface area contributed by atoms with Gasteiger partial charge in [-0.25, -0.2) is 4.79 Å². The Labute approximate surface area is 354 Å². The first-order chi connectivity index (χ1) is 28.8. The van der Waals surface area contributed by atoms with E-state index in [4.69, 9.17) is 30.8 Å². The van der Waals surface area contributed by atoms with Gasteiger partial charge in [0.25, 0.3) is 0 Å². The Kier molecular flexibility index (Phi) is 13.1. The summed E-state index contributed by atoms with van der Waals surface area (Å²) < 4.78 is 63.7. The molecule has 60 heavy (non-hydrogen) atoms. The van der Waals surface area contributed by atoms with Crippen molar-refractivity contribution in [1.82, 2.24) is 28.9 Å². The molecule has 0 saturated carbocycles. The maximum Gasteiger partial charge on any atom is 0.408 e. The third-order valence-electron chi connectivity index (χ3n) is 10.6. The molecule has 1 aliphatic heterocycles. The predicted molar refractivity (Wildman–Crippen MR) is 228 cm³/mol. The number of carbonyl (C=O) groups is 1. The quantitative estimate of drug-likeness (QED) is 0.0746. The maximum absolute atomic E-state index is 13.1. The lowest BCUT2D eigenvalue weighted by molar-refractivity contribution is -0.145. The number of rotatable bonds is 16. The van der Waals surface area contributed by atoms with Gasteiger partial charge in [0.1, 0.15) is 25.5 Å². The van der Waals surface area contributed by atoms with Gasteiger partial charge in [0, 0.05) is 62.7 Å². The molecule has 1 N–H and O–H groups in total. The Morgan fingerprint density at radius 3 is 2.58 bits per heavy atom. The fraction of sp³-hybridized carbons (Fsp3) is 0.318. The molecule has 1 aliphatic rings. The van der Waals surface area contributed by atoms with Crippen LogP contribution in [-0.2, 0) is 22.7 Å². The van der Waals surface area contributed by atoms with Crippen molar-refractivity contribution in [3.05, 3.63) is 113 Å². The number of piperazine rings is 1. The highest BCUT2D eigenvalue weighted by Crippen LogP contribution is 2.47. The van der Waals surface area contributed by atoms with Crippen LogP contribution in [0.4, 0.5) is 13.2 Å². The van der Waals surface area contributed by atoms with Gasteiger partial charge in [-0.05, 0) is 72.0 Å². The van der Waals surface area contributed by atoms with E-state index in [1.54, 1.807) is 13.1 Å². The summed E-state index contributed by atoms with van der Waals surface area (Å²) >= 11 is 8.23. The topological polar surface area (TPSA) is 115 Å². The van der Waals surface area contributed by atoms with Crippen LogP contribution < -0.4 is 9.47 Å². The molecule has 3 aromatic carbocycles. The number of nitrogens with zero attached hydrogens (tertiary/aromatic N) is 6. The first-order valence-electron chi connectivity index (χ1n) is 19.3. The van der Waals surface area contributed by atoms with Crippen LogP contribution in [0, 0.1) is 6.92 Å². The lowest BCUT2D eigenvalue weighted by Crippen LogP contribution is -2.45. The van der Waals surface area contributed by atoms with Crippen LogP contribution in [-0.4, -0.2) is 98.7 Å². The van der Waals surface area contributed by atoms with Crippen LogP contribution in [0.15, 0.2) is 97.0 Å². The Morgan fingerprint density at radius 2 is 1.83 bits per heavy atom. The highest BCUT2D eigenvalue weighted by atomic mass is 35.5. The molecule has 0 amide bonds. The van der Waals surface area contributed by atoms with Crippen molar-refractivity contribution in [2.45, 2.75) is 45.7 Å². The smallest absolute Gasteiger partial charge is 0.408 e. The van der Waals surface area contributed by atoms with E-state index in [-0.39, 0.29) is 30.4 Å². The number of likely N-dealkylation sites (N-methyl/N-ethyl adjacent to an activating group) is 1. The zero-order chi connectivity index (χ0) is 42.6. The van der Waals surface area contributed by atoms with Crippen molar-refractivity contribution in [2.24, 2.45) is 0 Å². The number of allylic oxidation sites excluding steroid dienone is 2. The van der Waals surface area contributed by atoms with Crippen LogP contribution in [0.3, 0.4) is 0 Å². The molecule has 3 aromatic heterocycles. The molecule has 314 valence electrons. The summed E-state index contributed by atoms with van der Waals surface area (Å²) in [6.45, 7) is 11.0. The zero-order valence-corrected chi connectivity index (χ0v) is 34.9. The van der Waals surface area contributed by atoms with Crippen LogP contribution in [0.5, 0.6) is 11.6 Å². The van der Waals surface area contributed by atoms with Crippen molar-refractivity contribution in [3.63, 3.8) is 0 Å². The van der Waals surface area contributed by atoms with Gasteiger partial charge < -0.3 is 24.2 Å². The molecule has 7 rings (SSSR count). The number of fused-ring (bicyclic) bond motifs is 2. The van der Waals surface area contributed by atoms with E-state index < -0.39 is 24.8 Å².